The zero-order valence-electron chi connectivity index (χ0n) is 11.9. The van der Waals surface area contributed by atoms with Crippen molar-refractivity contribution in [3.8, 4) is 0 Å². The van der Waals surface area contributed by atoms with Crippen molar-refractivity contribution in [1.29, 1.82) is 0 Å². The van der Waals surface area contributed by atoms with Crippen molar-refractivity contribution in [3.63, 3.8) is 0 Å². The average Bonchev–Trinajstić information content (AvgIpc) is 2.89. The largest absolute Gasteiger partial charge is 0.316 e. The molecule has 1 unspecified atom stereocenters. The van der Waals surface area contributed by atoms with Crippen LogP contribution in [0.25, 0.3) is 0 Å². The highest BCUT2D eigenvalue weighted by molar-refractivity contribution is 7.99. The van der Waals surface area contributed by atoms with E-state index in [-0.39, 0.29) is 0 Å². The van der Waals surface area contributed by atoms with Crippen molar-refractivity contribution < 1.29 is 0 Å². The molecule has 0 amide bonds. The Bertz CT molecular complexity index is 579. The molecule has 0 fully saturated rings. The maximum absolute atomic E-state index is 3.63. The summed E-state index contributed by atoms with van der Waals surface area (Å²) in [4.78, 5) is 1.47. The van der Waals surface area contributed by atoms with Gasteiger partial charge in [0.1, 0.15) is 0 Å². The van der Waals surface area contributed by atoms with Gasteiger partial charge >= 0.3 is 0 Å². The molecule has 1 N–H and O–H groups in total. The van der Waals surface area contributed by atoms with E-state index in [0.717, 1.165) is 19.5 Å². The summed E-state index contributed by atoms with van der Waals surface area (Å²) in [6.45, 7) is 4.35. The van der Waals surface area contributed by atoms with Gasteiger partial charge in [-0.2, -0.15) is 0 Å². The Hall–Kier alpha value is -1.25. The summed E-state index contributed by atoms with van der Waals surface area (Å²) in [5, 5.41) is 3.63. The van der Waals surface area contributed by atoms with E-state index in [0.29, 0.717) is 5.92 Å². The van der Waals surface area contributed by atoms with Gasteiger partial charge in [-0.25, -0.2) is 0 Å². The van der Waals surface area contributed by atoms with E-state index >= 15 is 0 Å². The first-order valence-corrected chi connectivity index (χ1v) is 8.30. The zero-order chi connectivity index (χ0) is 13.8. The van der Waals surface area contributed by atoms with Gasteiger partial charge in [0.2, 0.25) is 0 Å². The van der Waals surface area contributed by atoms with Gasteiger partial charge in [-0.05, 0) is 42.6 Å². The van der Waals surface area contributed by atoms with Crippen molar-refractivity contribution >= 4 is 11.8 Å². The zero-order valence-corrected chi connectivity index (χ0v) is 12.7. The third-order valence-electron chi connectivity index (χ3n) is 4.02. The molecule has 0 spiro atoms. The molecule has 2 aromatic rings. The van der Waals surface area contributed by atoms with E-state index in [1.54, 1.807) is 0 Å². The molecular formula is C18H21NS. The van der Waals surface area contributed by atoms with Crippen LogP contribution in [0.1, 0.15) is 22.6 Å². The fourth-order valence-electron chi connectivity index (χ4n) is 2.79. The summed E-state index contributed by atoms with van der Waals surface area (Å²) in [6.07, 6.45) is 1.12. The summed E-state index contributed by atoms with van der Waals surface area (Å²) < 4.78 is 0. The highest BCUT2D eigenvalue weighted by atomic mass is 32.2. The maximum atomic E-state index is 3.63. The highest BCUT2D eigenvalue weighted by Gasteiger charge is 2.21. The van der Waals surface area contributed by atoms with E-state index in [1.165, 1.54) is 27.3 Å². The quantitative estimate of drug-likeness (QED) is 0.832. The molecule has 0 saturated carbocycles. The van der Waals surface area contributed by atoms with E-state index < -0.39 is 0 Å². The number of nitrogens with one attached hydrogen (secondary N) is 1. The monoisotopic (exact) mass is 283 g/mol. The van der Waals surface area contributed by atoms with E-state index in [2.05, 4.69) is 60.8 Å². The summed E-state index contributed by atoms with van der Waals surface area (Å²) in [5.41, 5.74) is 4.39. The van der Waals surface area contributed by atoms with Crippen LogP contribution in [-0.2, 0) is 6.42 Å². The number of hydrogen-bond acceptors (Lipinski definition) is 2. The number of thioether (sulfide) groups is 1. The average molecular weight is 283 g/mol. The van der Waals surface area contributed by atoms with Gasteiger partial charge in [0, 0.05) is 23.1 Å². The standard InChI is InChI=1S/C18H21NS/c1-14-6-2-3-7-15(14)10-11-19-12-16-13-20-18-9-5-4-8-17(16)18/h2-9,16,19H,10-13H2,1H3. The lowest BCUT2D eigenvalue weighted by atomic mass is 10.0. The molecule has 104 valence electrons. The van der Waals surface area contributed by atoms with Crippen molar-refractivity contribution in [2.75, 3.05) is 18.8 Å². The number of hydrogen-bond donors (Lipinski definition) is 1. The Morgan fingerprint density at radius 2 is 1.90 bits per heavy atom. The first kappa shape index (κ1) is 13.7. The summed E-state index contributed by atoms with van der Waals surface area (Å²) in [7, 11) is 0. The van der Waals surface area contributed by atoms with Crippen molar-refractivity contribution in [1.82, 2.24) is 5.32 Å². The molecule has 20 heavy (non-hydrogen) atoms. The van der Waals surface area contributed by atoms with Gasteiger partial charge in [0.25, 0.3) is 0 Å². The van der Waals surface area contributed by atoms with Crippen LogP contribution in [0.4, 0.5) is 0 Å². The van der Waals surface area contributed by atoms with Gasteiger partial charge < -0.3 is 5.32 Å². The molecule has 2 heteroatoms. The molecule has 1 nitrogen and oxygen atoms in total. The van der Waals surface area contributed by atoms with E-state index in [9.17, 15) is 0 Å². The Labute approximate surface area is 125 Å². The Balaban J connectivity index is 1.49. The second kappa shape index (κ2) is 6.47. The molecule has 1 heterocycles. The first-order chi connectivity index (χ1) is 9.84. The predicted octanol–water partition coefficient (Wildman–Crippen LogP) is 4.02. The van der Waals surface area contributed by atoms with Crippen molar-refractivity contribution in [2.45, 2.75) is 24.2 Å². The first-order valence-electron chi connectivity index (χ1n) is 7.31. The fraction of sp³-hybridized carbons (Fsp3) is 0.333. The van der Waals surface area contributed by atoms with Gasteiger partial charge in [-0.3, -0.25) is 0 Å². The number of fused-ring (bicyclic) bond motifs is 1. The lowest BCUT2D eigenvalue weighted by Gasteiger charge is -2.12. The van der Waals surface area contributed by atoms with Crippen LogP contribution >= 0.6 is 11.8 Å². The third kappa shape index (κ3) is 3.08. The molecule has 3 rings (SSSR count). The second-order valence-corrected chi connectivity index (χ2v) is 6.49. The summed E-state index contributed by atoms with van der Waals surface area (Å²) >= 11 is 1.99. The van der Waals surface area contributed by atoms with Gasteiger partial charge in [0.15, 0.2) is 0 Å². The molecule has 1 aliphatic rings. The molecule has 0 radical (unpaired) electrons. The second-order valence-electron chi connectivity index (χ2n) is 5.43. The number of rotatable bonds is 5. The van der Waals surface area contributed by atoms with Crippen LogP contribution in [0.3, 0.4) is 0 Å². The van der Waals surface area contributed by atoms with Crippen LogP contribution in [0.15, 0.2) is 53.4 Å². The van der Waals surface area contributed by atoms with Crippen LogP contribution < -0.4 is 5.32 Å². The molecule has 2 aromatic carbocycles. The molecule has 0 bridgehead atoms. The topological polar surface area (TPSA) is 12.0 Å². The molecule has 0 saturated heterocycles. The fourth-order valence-corrected chi connectivity index (χ4v) is 4.04. The Kier molecular flexibility index (Phi) is 4.44. The van der Waals surface area contributed by atoms with Gasteiger partial charge in [0.05, 0.1) is 0 Å². The summed E-state index contributed by atoms with van der Waals surface area (Å²) in [6, 6.07) is 17.5. The van der Waals surface area contributed by atoms with Crippen LogP contribution in [0, 0.1) is 6.92 Å². The lowest BCUT2D eigenvalue weighted by Crippen LogP contribution is -2.24. The Morgan fingerprint density at radius 3 is 2.80 bits per heavy atom. The minimum absolute atomic E-state index is 0.674. The van der Waals surface area contributed by atoms with Crippen molar-refractivity contribution in [3.05, 3.63) is 65.2 Å². The molecule has 0 aliphatic carbocycles. The van der Waals surface area contributed by atoms with Crippen molar-refractivity contribution in [2.24, 2.45) is 0 Å². The maximum Gasteiger partial charge on any atom is 0.0108 e. The SMILES string of the molecule is Cc1ccccc1CCNCC1CSc2ccccc21. The minimum Gasteiger partial charge on any atom is -0.316 e. The third-order valence-corrected chi connectivity index (χ3v) is 5.27. The smallest absolute Gasteiger partial charge is 0.0108 e. The number of benzene rings is 2. The molecule has 1 aliphatic heterocycles. The summed E-state index contributed by atoms with van der Waals surface area (Å²) in [5.74, 6) is 1.89. The molecule has 1 atom stereocenters. The van der Waals surface area contributed by atoms with Crippen LogP contribution in [0.2, 0.25) is 0 Å². The minimum atomic E-state index is 0.674. The van der Waals surface area contributed by atoms with Crippen LogP contribution in [0.5, 0.6) is 0 Å². The lowest BCUT2D eigenvalue weighted by molar-refractivity contribution is 0.620. The van der Waals surface area contributed by atoms with Gasteiger partial charge in [-0.1, -0.05) is 42.5 Å². The highest BCUT2D eigenvalue weighted by Crippen LogP contribution is 2.38. The molecular weight excluding hydrogens is 262 g/mol. The molecule has 0 aromatic heterocycles. The van der Waals surface area contributed by atoms with E-state index in [1.807, 2.05) is 11.8 Å². The Morgan fingerprint density at radius 1 is 1.10 bits per heavy atom. The normalized spacial score (nSPS) is 17.1. The van der Waals surface area contributed by atoms with Gasteiger partial charge in [-0.15, -0.1) is 11.8 Å². The van der Waals surface area contributed by atoms with E-state index in [4.69, 9.17) is 0 Å². The number of aryl methyl sites for hydroxylation is 1. The predicted molar refractivity (Wildman–Crippen MR) is 87.7 cm³/mol. The van der Waals surface area contributed by atoms with Crippen LogP contribution in [-0.4, -0.2) is 18.8 Å².